The number of hydrogen-bond acceptors (Lipinski definition) is 2. The molecule has 0 saturated heterocycles. The van der Waals surface area contributed by atoms with E-state index in [1.165, 1.54) is 6.07 Å². The van der Waals surface area contributed by atoms with Crippen LogP contribution >= 0.6 is 0 Å². The molecule has 20 heavy (non-hydrogen) atoms. The SMILES string of the molecule is CNC(c1ccc(C(F)(F)F)cc1C)c1occc1C. The number of furan rings is 1. The first kappa shape index (κ1) is 14.7. The second-order valence-corrected chi connectivity index (χ2v) is 4.76. The Hall–Kier alpha value is -1.75. The number of alkyl halides is 3. The molecule has 2 rings (SSSR count). The van der Waals surface area contributed by atoms with Gasteiger partial charge in [0.25, 0.3) is 0 Å². The second-order valence-electron chi connectivity index (χ2n) is 4.76. The Morgan fingerprint density at radius 1 is 1.10 bits per heavy atom. The Labute approximate surface area is 115 Å². The van der Waals surface area contributed by atoms with Gasteiger partial charge in [-0.15, -0.1) is 0 Å². The van der Waals surface area contributed by atoms with Gasteiger partial charge in [-0.05, 0) is 55.8 Å². The zero-order valence-corrected chi connectivity index (χ0v) is 11.5. The highest BCUT2D eigenvalue weighted by molar-refractivity contribution is 5.39. The fraction of sp³-hybridized carbons (Fsp3) is 0.333. The molecule has 0 aliphatic carbocycles. The van der Waals surface area contributed by atoms with Crippen LogP contribution < -0.4 is 5.32 Å². The highest BCUT2D eigenvalue weighted by Crippen LogP contribution is 2.33. The Balaban J connectivity index is 2.44. The zero-order chi connectivity index (χ0) is 14.9. The van der Waals surface area contributed by atoms with Crippen molar-refractivity contribution in [3.8, 4) is 0 Å². The monoisotopic (exact) mass is 283 g/mol. The summed E-state index contributed by atoms with van der Waals surface area (Å²) in [5.41, 5.74) is 1.68. The van der Waals surface area contributed by atoms with Crippen LogP contribution in [0.25, 0.3) is 0 Å². The summed E-state index contributed by atoms with van der Waals surface area (Å²) in [7, 11) is 1.75. The number of halogens is 3. The first-order chi connectivity index (χ1) is 9.34. The lowest BCUT2D eigenvalue weighted by Crippen LogP contribution is -2.19. The number of rotatable bonds is 3. The molecule has 2 nitrogen and oxygen atoms in total. The minimum atomic E-state index is -4.32. The molecule has 1 atom stereocenters. The lowest BCUT2D eigenvalue weighted by Gasteiger charge is -2.19. The van der Waals surface area contributed by atoms with Gasteiger partial charge in [-0.2, -0.15) is 13.2 Å². The Kier molecular flexibility index (Phi) is 3.90. The fourth-order valence-corrected chi connectivity index (χ4v) is 2.28. The van der Waals surface area contributed by atoms with Crippen molar-refractivity contribution in [2.24, 2.45) is 0 Å². The van der Waals surface area contributed by atoms with Crippen molar-refractivity contribution in [3.05, 3.63) is 58.5 Å². The number of hydrogen-bond donors (Lipinski definition) is 1. The van der Waals surface area contributed by atoms with E-state index < -0.39 is 11.7 Å². The van der Waals surface area contributed by atoms with Gasteiger partial charge in [0.15, 0.2) is 0 Å². The number of nitrogens with one attached hydrogen (secondary N) is 1. The molecule has 1 heterocycles. The van der Waals surface area contributed by atoms with Crippen LogP contribution in [-0.4, -0.2) is 7.05 Å². The van der Waals surface area contributed by atoms with Gasteiger partial charge in [-0.3, -0.25) is 0 Å². The van der Waals surface area contributed by atoms with Crippen LogP contribution in [0.15, 0.2) is 34.9 Å². The van der Waals surface area contributed by atoms with E-state index >= 15 is 0 Å². The van der Waals surface area contributed by atoms with E-state index in [0.717, 1.165) is 29.0 Å². The van der Waals surface area contributed by atoms with Gasteiger partial charge in [-0.25, -0.2) is 0 Å². The Bertz CT molecular complexity index is 601. The van der Waals surface area contributed by atoms with Crippen molar-refractivity contribution in [2.45, 2.75) is 26.1 Å². The minimum Gasteiger partial charge on any atom is -0.467 e. The molecule has 0 bridgehead atoms. The van der Waals surface area contributed by atoms with E-state index in [-0.39, 0.29) is 6.04 Å². The molecule has 0 amide bonds. The zero-order valence-electron chi connectivity index (χ0n) is 11.5. The first-order valence-corrected chi connectivity index (χ1v) is 6.23. The van der Waals surface area contributed by atoms with Crippen LogP contribution in [0.3, 0.4) is 0 Å². The van der Waals surface area contributed by atoms with Crippen molar-refractivity contribution in [1.82, 2.24) is 5.32 Å². The summed E-state index contributed by atoms with van der Waals surface area (Å²) in [5, 5.41) is 3.09. The maximum Gasteiger partial charge on any atom is 0.416 e. The quantitative estimate of drug-likeness (QED) is 0.912. The third kappa shape index (κ3) is 2.72. The molecule has 1 N–H and O–H groups in total. The van der Waals surface area contributed by atoms with E-state index in [2.05, 4.69) is 5.32 Å². The predicted molar refractivity (Wildman–Crippen MR) is 70.5 cm³/mol. The van der Waals surface area contributed by atoms with Crippen LogP contribution in [0.2, 0.25) is 0 Å². The summed E-state index contributed by atoms with van der Waals surface area (Å²) in [4.78, 5) is 0. The molecule has 0 fully saturated rings. The Morgan fingerprint density at radius 3 is 2.25 bits per heavy atom. The topological polar surface area (TPSA) is 25.2 Å². The highest BCUT2D eigenvalue weighted by Gasteiger charge is 2.31. The lowest BCUT2D eigenvalue weighted by molar-refractivity contribution is -0.137. The largest absolute Gasteiger partial charge is 0.467 e. The van der Waals surface area contributed by atoms with Crippen LogP contribution in [0.4, 0.5) is 13.2 Å². The molecule has 2 aromatic rings. The predicted octanol–water partition coefficient (Wildman–Crippen LogP) is 4.22. The Morgan fingerprint density at radius 2 is 1.80 bits per heavy atom. The normalized spacial score (nSPS) is 13.5. The molecule has 0 spiro atoms. The van der Waals surface area contributed by atoms with Crippen molar-refractivity contribution in [3.63, 3.8) is 0 Å². The van der Waals surface area contributed by atoms with Gasteiger partial charge in [0, 0.05) is 0 Å². The van der Waals surface area contributed by atoms with Gasteiger partial charge >= 0.3 is 6.18 Å². The van der Waals surface area contributed by atoms with E-state index in [1.807, 2.05) is 13.0 Å². The van der Waals surface area contributed by atoms with E-state index in [4.69, 9.17) is 4.42 Å². The van der Waals surface area contributed by atoms with Gasteiger partial charge in [0.05, 0.1) is 17.9 Å². The van der Waals surface area contributed by atoms with Crippen molar-refractivity contribution in [2.75, 3.05) is 7.05 Å². The van der Waals surface area contributed by atoms with Gasteiger partial charge in [0.2, 0.25) is 0 Å². The molecule has 1 aromatic carbocycles. The molecular weight excluding hydrogens is 267 g/mol. The molecule has 108 valence electrons. The molecule has 0 aliphatic heterocycles. The summed E-state index contributed by atoms with van der Waals surface area (Å²) in [6.07, 6.45) is -2.74. The van der Waals surface area contributed by atoms with Crippen LogP contribution in [0.5, 0.6) is 0 Å². The number of benzene rings is 1. The van der Waals surface area contributed by atoms with E-state index in [0.29, 0.717) is 5.56 Å². The summed E-state index contributed by atoms with van der Waals surface area (Å²) in [6, 6.07) is 5.34. The highest BCUT2D eigenvalue weighted by atomic mass is 19.4. The third-order valence-corrected chi connectivity index (χ3v) is 3.36. The molecule has 1 unspecified atom stereocenters. The third-order valence-electron chi connectivity index (χ3n) is 3.36. The molecular formula is C15H16F3NO. The van der Waals surface area contributed by atoms with Crippen LogP contribution in [0, 0.1) is 13.8 Å². The first-order valence-electron chi connectivity index (χ1n) is 6.23. The summed E-state index contributed by atoms with van der Waals surface area (Å²) in [6.45, 7) is 3.58. The van der Waals surface area contributed by atoms with Crippen molar-refractivity contribution < 1.29 is 17.6 Å². The van der Waals surface area contributed by atoms with Crippen molar-refractivity contribution in [1.29, 1.82) is 0 Å². The number of aryl methyl sites for hydroxylation is 2. The van der Waals surface area contributed by atoms with E-state index in [9.17, 15) is 13.2 Å². The lowest BCUT2D eigenvalue weighted by atomic mass is 9.96. The second kappa shape index (κ2) is 5.32. The smallest absolute Gasteiger partial charge is 0.416 e. The summed E-state index contributed by atoms with van der Waals surface area (Å²) in [5.74, 6) is 0.718. The molecule has 0 radical (unpaired) electrons. The average molecular weight is 283 g/mol. The average Bonchev–Trinajstić information content (AvgIpc) is 2.77. The fourth-order valence-electron chi connectivity index (χ4n) is 2.28. The maximum atomic E-state index is 12.7. The molecule has 5 heteroatoms. The van der Waals surface area contributed by atoms with Gasteiger partial charge in [0.1, 0.15) is 5.76 Å². The maximum absolute atomic E-state index is 12.7. The standard InChI is InChI=1S/C15H16F3NO/c1-9-6-7-20-14(9)13(19-3)12-5-4-11(8-10(12)2)15(16,17)18/h4-8,13,19H,1-3H3. The van der Waals surface area contributed by atoms with Gasteiger partial charge in [-0.1, -0.05) is 6.07 Å². The summed E-state index contributed by atoms with van der Waals surface area (Å²) >= 11 is 0. The van der Waals surface area contributed by atoms with Crippen LogP contribution in [-0.2, 0) is 6.18 Å². The van der Waals surface area contributed by atoms with Gasteiger partial charge < -0.3 is 9.73 Å². The molecule has 0 aliphatic rings. The van der Waals surface area contributed by atoms with Crippen molar-refractivity contribution >= 4 is 0 Å². The van der Waals surface area contributed by atoms with E-state index in [1.54, 1.807) is 20.2 Å². The van der Waals surface area contributed by atoms with Crippen LogP contribution in [0.1, 0.15) is 34.1 Å². The summed E-state index contributed by atoms with van der Waals surface area (Å²) < 4.78 is 43.5. The minimum absolute atomic E-state index is 0.257. The molecule has 1 aromatic heterocycles. The molecule has 0 saturated carbocycles.